The number of anilines is 1. The Balaban J connectivity index is 2.72. The molecule has 0 aliphatic heterocycles. The molecule has 0 aliphatic rings. The standard InChI is InChI=1S/C8H15N5O3S2/c1-3-16-7-10-6(13-9)11-8(12-7)17-4-5-18(2,14)15/h3-5,9H2,1-2H3,(H,10,11,12,13). The van der Waals surface area contributed by atoms with E-state index >= 15 is 0 Å². The van der Waals surface area contributed by atoms with Crippen molar-refractivity contribution in [3.05, 3.63) is 0 Å². The predicted octanol–water partition coefficient (Wildman–Crippen LogP) is -0.307. The van der Waals surface area contributed by atoms with Crippen LogP contribution < -0.4 is 16.0 Å². The van der Waals surface area contributed by atoms with Crippen LogP contribution in [0.2, 0.25) is 0 Å². The van der Waals surface area contributed by atoms with Gasteiger partial charge in [0.2, 0.25) is 5.95 Å². The lowest BCUT2D eigenvalue weighted by Crippen LogP contribution is -2.13. The quantitative estimate of drug-likeness (QED) is 0.396. The van der Waals surface area contributed by atoms with Crippen molar-refractivity contribution in [1.29, 1.82) is 0 Å². The first-order chi connectivity index (χ1) is 8.44. The van der Waals surface area contributed by atoms with Gasteiger partial charge in [-0.25, -0.2) is 14.3 Å². The minimum absolute atomic E-state index is 0.0543. The Hall–Kier alpha value is -1.13. The topological polar surface area (TPSA) is 120 Å². The van der Waals surface area contributed by atoms with E-state index in [0.717, 1.165) is 0 Å². The van der Waals surface area contributed by atoms with Gasteiger partial charge in [-0.3, -0.25) is 5.43 Å². The summed E-state index contributed by atoms with van der Waals surface area (Å²) in [6, 6.07) is 0.155. The lowest BCUT2D eigenvalue weighted by Gasteiger charge is -2.05. The number of thioether (sulfide) groups is 1. The molecule has 1 rings (SSSR count). The molecule has 0 aliphatic carbocycles. The summed E-state index contributed by atoms with van der Waals surface area (Å²) in [5.41, 5.74) is 2.30. The maximum Gasteiger partial charge on any atom is 0.322 e. The van der Waals surface area contributed by atoms with Crippen LogP contribution in [-0.2, 0) is 9.84 Å². The third kappa shape index (κ3) is 5.47. The number of hydrogen-bond donors (Lipinski definition) is 2. The van der Waals surface area contributed by atoms with E-state index in [1.807, 2.05) is 0 Å². The number of rotatable bonds is 7. The van der Waals surface area contributed by atoms with Crippen molar-refractivity contribution in [2.75, 3.05) is 29.8 Å². The number of sulfone groups is 1. The summed E-state index contributed by atoms with van der Waals surface area (Å²) >= 11 is 1.20. The molecule has 18 heavy (non-hydrogen) atoms. The summed E-state index contributed by atoms with van der Waals surface area (Å²) in [6.07, 6.45) is 1.18. The van der Waals surface area contributed by atoms with E-state index < -0.39 is 9.84 Å². The number of nitrogen functional groups attached to an aromatic ring is 1. The zero-order valence-electron chi connectivity index (χ0n) is 10.1. The highest BCUT2D eigenvalue weighted by Crippen LogP contribution is 2.17. The molecule has 0 saturated carbocycles. The second-order valence-electron chi connectivity index (χ2n) is 3.28. The fraction of sp³-hybridized carbons (Fsp3) is 0.625. The molecule has 3 N–H and O–H groups in total. The number of aromatic nitrogens is 3. The van der Waals surface area contributed by atoms with Crippen LogP contribution in [0, 0.1) is 0 Å². The molecule has 0 bridgehead atoms. The van der Waals surface area contributed by atoms with Gasteiger partial charge < -0.3 is 4.74 Å². The maximum absolute atomic E-state index is 11.0. The molecule has 0 amide bonds. The van der Waals surface area contributed by atoms with Crippen molar-refractivity contribution in [1.82, 2.24) is 15.0 Å². The molecular formula is C8H15N5O3S2. The predicted molar refractivity (Wildman–Crippen MR) is 69.2 cm³/mol. The van der Waals surface area contributed by atoms with Crippen molar-refractivity contribution in [3.63, 3.8) is 0 Å². The lowest BCUT2D eigenvalue weighted by atomic mass is 10.8. The molecule has 1 aromatic rings. The Bertz CT molecular complexity index is 494. The normalized spacial score (nSPS) is 11.3. The van der Waals surface area contributed by atoms with Crippen LogP contribution in [0.15, 0.2) is 5.16 Å². The molecule has 1 heterocycles. The number of nitrogens with zero attached hydrogens (tertiary/aromatic N) is 3. The molecule has 0 spiro atoms. The number of nitrogens with two attached hydrogens (primary N) is 1. The van der Waals surface area contributed by atoms with E-state index in [9.17, 15) is 8.42 Å². The minimum atomic E-state index is -2.99. The molecule has 102 valence electrons. The van der Waals surface area contributed by atoms with Gasteiger partial charge in [0, 0.05) is 12.0 Å². The molecular weight excluding hydrogens is 278 g/mol. The van der Waals surface area contributed by atoms with E-state index in [2.05, 4.69) is 20.4 Å². The molecule has 10 heteroatoms. The molecule has 0 saturated heterocycles. The van der Waals surface area contributed by atoms with Crippen LogP contribution >= 0.6 is 11.8 Å². The van der Waals surface area contributed by atoms with Crippen molar-refractivity contribution in [2.45, 2.75) is 12.1 Å². The van der Waals surface area contributed by atoms with E-state index in [4.69, 9.17) is 10.6 Å². The number of ether oxygens (including phenoxy) is 1. The summed E-state index contributed by atoms with van der Waals surface area (Å²) in [5, 5.41) is 0.366. The summed E-state index contributed by atoms with van der Waals surface area (Å²) in [5.74, 6) is 5.81. The Kier molecular flexibility index (Phi) is 5.56. The Morgan fingerprint density at radius 3 is 2.67 bits per heavy atom. The molecule has 1 aromatic heterocycles. The highest BCUT2D eigenvalue weighted by Gasteiger charge is 2.09. The third-order valence-electron chi connectivity index (χ3n) is 1.68. The first-order valence-corrected chi connectivity index (χ1v) is 8.15. The smallest absolute Gasteiger partial charge is 0.322 e. The zero-order chi connectivity index (χ0) is 13.6. The van der Waals surface area contributed by atoms with Gasteiger partial charge in [0.1, 0.15) is 9.84 Å². The second-order valence-corrected chi connectivity index (χ2v) is 6.60. The van der Waals surface area contributed by atoms with Crippen LogP contribution in [0.3, 0.4) is 0 Å². The van der Waals surface area contributed by atoms with Crippen molar-refractivity contribution < 1.29 is 13.2 Å². The highest BCUT2D eigenvalue weighted by molar-refractivity contribution is 8.00. The average molecular weight is 293 g/mol. The third-order valence-corrected chi connectivity index (χ3v) is 3.74. The van der Waals surface area contributed by atoms with Crippen molar-refractivity contribution >= 4 is 27.5 Å². The first kappa shape index (κ1) is 14.9. The fourth-order valence-corrected chi connectivity index (χ4v) is 2.97. The minimum Gasteiger partial charge on any atom is -0.464 e. The molecule has 0 aromatic carbocycles. The fourth-order valence-electron chi connectivity index (χ4n) is 0.945. The second kappa shape index (κ2) is 6.71. The summed E-state index contributed by atoms with van der Waals surface area (Å²) in [7, 11) is -2.99. The number of hydrogen-bond acceptors (Lipinski definition) is 9. The molecule has 0 fully saturated rings. The summed E-state index contributed by atoms with van der Waals surface area (Å²) in [6.45, 7) is 2.22. The summed E-state index contributed by atoms with van der Waals surface area (Å²) in [4.78, 5) is 11.9. The Labute approximate surface area is 110 Å². The van der Waals surface area contributed by atoms with Gasteiger partial charge in [0.05, 0.1) is 12.4 Å². The molecule has 0 radical (unpaired) electrons. The van der Waals surface area contributed by atoms with E-state index in [1.54, 1.807) is 6.92 Å². The zero-order valence-corrected chi connectivity index (χ0v) is 11.7. The van der Waals surface area contributed by atoms with E-state index in [-0.39, 0.29) is 17.7 Å². The van der Waals surface area contributed by atoms with Gasteiger partial charge in [-0.2, -0.15) is 15.0 Å². The monoisotopic (exact) mass is 293 g/mol. The number of nitrogens with one attached hydrogen (secondary N) is 1. The van der Waals surface area contributed by atoms with Gasteiger partial charge in [0.15, 0.2) is 5.16 Å². The van der Waals surface area contributed by atoms with Gasteiger partial charge in [-0.15, -0.1) is 0 Å². The highest BCUT2D eigenvalue weighted by atomic mass is 32.2. The van der Waals surface area contributed by atoms with Gasteiger partial charge >= 0.3 is 6.01 Å². The molecule has 0 atom stereocenters. The van der Waals surface area contributed by atoms with Crippen molar-refractivity contribution in [3.8, 4) is 6.01 Å². The average Bonchev–Trinajstić information content (AvgIpc) is 2.27. The maximum atomic E-state index is 11.0. The van der Waals surface area contributed by atoms with Gasteiger partial charge in [-0.05, 0) is 6.92 Å². The first-order valence-electron chi connectivity index (χ1n) is 5.10. The van der Waals surface area contributed by atoms with Crippen molar-refractivity contribution in [2.24, 2.45) is 5.84 Å². The van der Waals surface area contributed by atoms with Crippen LogP contribution in [0.4, 0.5) is 5.95 Å². The Morgan fingerprint density at radius 2 is 2.11 bits per heavy atom. The van der Waals surface area contributed by atoms with Gasteiger partial charge in [-0.1, -0.05) is 11.8 Å². The van der Waals surface area contributed by atoms with Gasteiger partial charge in [0.25, 0.3) is 0 Å². The SMILES string of the molecule is CCOc1nc(NN)nc(SCCS(C)(=O)=O)n1. The largest absolute Gasteiger partial charge is 0.464 e. The Morgan fingerprint density at radius 1 is 1.39 bits per heavy atom. The van der Waals surface area contributed by atoms with Crippen LogP contribution in [0.5, 0.6) is 6.01 Å². The van der Waals surface area contributed by atoms with E-state index in [1.165, 1.54) is 18.0 Å². The summed E-state index contributed by atoms with van der Waals surface area (Å²) < 4.78 is 27.1. The molecule has 8 nitrogen and oxygen atoms in total. The van der Waals surface area contributed by atoms with Crippen LogP contribution in [0.25, 0.3) is 0 Å². The van der Waals surface area contributed by atoms with E-state index in [0.29, 0.717) is 17.5 Å². The van der Waals surface area contributed by atoms with Crippen LogP contribution in [0.1, 0.15) is 6.92 Å². The molecule has 0 unspecified atom stereocenters. The lowest BCUT2D eigenvalue weighted by molar-refractivity contribution is 0.308. The number of hydrazine groups is 1. The van der Waals surface area contributed by atoms with Crippen LogP contribution in [-0.4, -0.2) is 47.7 Å².